The van der Waals surface area contributed by atoms with Crippen molar-refractivity contribution in [1.82, 2.24) is 4.72 Å². The Morgan fingerprint density at radius 3 is 2.42 bits per heavy atom. The van der Waals surface area contributed by atoms with Gasteiger partial charge in [0.1, 0.15) is 0 Å². The molecule has 0 radical (unpaired) electrons. The van der Waals surface area contributed by atoms with E-state index >= 15 is 0 Å². The number of benzene rings is 1. The summed E-state index contributed by atoms with van der Waals surface area (Å²) in [6.07, 6.45) is 1.12. The molecule has 0 aliphatic carbocycles. The van der Waals surface area contributed by atoms with Gasteiger partial charge in [-0.2, -0.15) is 0 Å². The van der Waals surface area contributed by atoms with Crippen LogP contribution in [0.5, 0.6) is 0 Å². The molecular weight excluding hydrogens is 264 g/mol. The minimum absolute atomic E-state index is 0.256. The van der Waals surface area contributed by atoms with Crippen LogP contribution in [-0.4, -0.2) is 26.9 Å². The van der Waals surface area contributed by atoms with Gasteiger partial charge in [-0.25, -0.2) is 13.1 Å². The molecule has 1 aliphatic rings. The Kier molecular flexibility index (Phi) is 4.44. The Hall–Kier alpha value is -1.11. The number of hydrogen-bond acceptors (Lipinski definition) is 4. The number of nitrogen functional groups attached to an aromatic ring is 1. The molecule has 1 fully saturated rings. The number of sulfonamides is 1. The van der Waals surface area contributed by atoms with Crippen LogP contribution in [0.4, 0.5) is 5.69 Å². The van der Waals surface area contributed by atoms with Crippen molar-refractivity contribution in [1.29, 1.82) is 0 Å². The van der Waals surface area contributed by atoms with E-state index in [0.717, 1.165) is 5.56 Å². The third-order valence-corrected chi connectivity index (χ3v) is 5.42. The summed E-state index contributed by atoms with van der Waals surface area (Å²) >= 11 is 0. The van der Waals surface area contributed by atoms with Gasteiger partial charge in [-0.15, -0.1) is 0 Å². The summed E-state index contributed by atoms with van der Waals surface area (Å²) in [5.74, 6) is 0. The van der Waals surface area contributed by atoms with Crippen molar-refractivity contribution >= 4 is 15.7 Å². The second kappa shape index (κ2) is 5.90. The number of nitrogens with one attached hydrogen (secondary N) is 1. The highest BCUT2D eigenvalue weighted by Gasteiger charge is 2.28. The van der Waals surface area contributed by atoms with E-state index in [4.69, 9.17) is 10.5 Å². The van der Waals surface area contributed by atoms with Crippen molar-refractivity contribution in [2.24, 2.45) is 0 Å². The molecule has 6 heteroatoms. The largest absolute Gasteiger partial charge is 0.399 e. The number of rotatable bonds is 4. The molecule has 0 saturated carbocycles. The molecule has 2 rings (SSSR count). The lowest BCUT2D eigenvalue weighted by atomic mass is 10.1. The zero-order valence-corrected chi connectivity index (χ0v) is 11.8. The predicted molar refractivity (Wildman–Crippen MR) is 75.2 cm³/mol. The maximum Gasteiger partial charge on any atom is 0.215 e. The van der Waals surface area contributed by atoms with E-state index in [1.54, 1.807) is 12.1 Å². The summed E-state index contributed by atoms with van der Waals surface area (Å²) in [7, 11) is -3.30. The van der Waals surface area contributed by atoms with Gasteiger partial charge in [-0.05, 0) is 37.5 Å². The van der Waals surface area contributed by atoms with Gasteiger partial charge in [0.15, 0.2) is 0 Å². The van der Waals surface area contributed by atoms with Crippen LogP contribution in [0.2, 0.25) is 0 Å². The molecule has 5 nitrogen and oxygen atoms in total. The van der Waals surface area contributed by atoms with E-state index in [9.17, 15) is 8.42 Å². The van der Waals surface area contributed by atoms with Gasteiger partial charge in [0.2, 0.25) is 10.0 Å². The monoisotopic (exact) mass is 284 g/mol. The highest BCUT2D eigenvalue weighted by Crippen LogP contribution is 2.20. The van der Waals surface area contributed by atoms with Crippen molar-refractivity contribution in [2.45, 2.75) is 31.1 Å². The maximum atomic E-state index is 12.2. The van der Waals surface area contributed by atoms with E-state index in [-0.39, 0.29) is 11.3 Å². The van der Waals surface area contributed by atoms with Crippen LogP contribution in [-0.2, 0) is 14.8 Å². The number of anilines is 1. The van der Waals surface area contributed by atoms with Crippen LogP contribution in [0.3, 0.4) is 0 Å². The SMILES string of the molecule is CC(NS(=O)(=O)C1CCOCC1)c1ccc(N)cc1. The quantitative estimate of drug-likeness (QED) is 0.819. The van der Waals surface area contributed by atoms with Gasteiger partial charge in [0.25, 0.3) is 0 Å². The fraction of sp³-hybridized carbons (Fsp3) is 0.538. The fourth-order valence-electron chi connectivity index (χ4n) is 2.18. The molecule has 0 spiro atoms. The molecule has 0 bridgehead atoms. The van der Waals surface area contributed by atoms with Gasteiger partial charge < -0.3 is 10.5 Å². The van der Waals surface area contributed by atoms with E-state index < -0.39 is 10.0 Å². The van der Waals surface area contributed by atoms with Gasteiger partial charge in [-0.3, -0.25) is 0 Å². The maximum absolute atomic E-state index is 12.2. The summed E-state index contributed by atoms with van der Waals surface area (Å²) < 4.78 is 32.4. The Morgan fingerprint density at radius 1 is 1.26 bits per heavy atom. The van der Waals surface area contributed by atoms with Crippen molar-refractivity contribution in [3.8, 4) is 0 Å². The molecule has 1 aromatic carbocycles. The molecule has 1 unspecified atom stereocenters. The Morgan fingerprint density at radius 2 is 1.84 bits per heavy atom. The normalized spacial score (nSPS) is 19.2. The number of nitrogens with two attached hydrogens (primary N) is 1. The second-order valence-electron chi connectivity index (χ2n) is 4.86. The second-order valence-corrected chi connectivity index (χ2v) is 6.86. The van der Waals surface area contributed by atoms with Crippen LogP contribution >= 0.6 is 0 Å². The van der Waals surface area contributed by atoms with Crippen molar-refractivity contribution < 1.29 is 13.2 Å². The third kappa shape index (κ3) is 3.68. The summed E-state index contributed by atoms with van der Waals surface area (Å²) in [6.45, 7) is 2.87. The molecule has 1 atom stereocenters. The summed E-state index contributed by atoms with van der Waals surface area (Å²) in [4.78, 5) is 0. The number of ether oxygens (including phenoxy) is 1. The fourth-order valence-corrected chi connectivity index (χ4v) is 3.82. The summed E-state index contributed by atoms with van der Waals surface area (Å²) in [6, 6.07) is 6.97. The third-order valence-electron chi connectivity index (χ3n) is 3.38. The van der Waals surface area contributed by atoms with Crippen molar-refractivity contribution in [2.75, 3.05) is 18.9 Å². The van der Waals surface area contributed by atoms with E-state index in [0.29, 0.717) is 31.7 Å². The molecule has 106 valence electrons. The van der Waals surface area contributed by atoms with Gasteiger partial charge in [0.05, 0.1) is 5.25 Å². The Bertz CT molecular complexity index is 507. The molecule has 1 aliphatic heterocycles. The summed E-state index contributed by atoms with van der Waals surface area (Å²) in [5.41, 5.74) is 7.20. The first-order valence-corrected chi connectivity index (χ1v) is 7.98. The smallest absolute Gasteiger partial charge is 0.215 e. The van der Waals surface area contributed by atoms with E-state index in [1.165, 1.54) is 0 Å². The van der Waals surface area contributed by atoms with Crippen LogP contribution < -0.4 is 10.5 Å². The molecule has 0 amide bonds. The average molecular weight is 284 g/mol. The first kappa shape index (κ1) is 14.3. The van der Waals surface area contributed by atoms with Gasteiger partial charge >= 0.3 is 0 Å². The minimum Gasteiger partial charge on any atom is -0.399 e. The highest BCUT2D eigenvalue weighted by molar-refractivity contribution is 7.90. The molecule has 3 N–H and O–H groups in total. The minimum atomic E-state index is -3.30. The van der Waals surface area contributed by atoms with Crippen LogP contribution in [0.15, 0.2) is 24.3 Å². The van der Waals surface area contributed by atoms with Crippen molar-refractivity contribution in [3.05, 3.63) is 29.8 Å². The Balaban J connectivity index is 2.04. The molecular formula is C13H20N2O3S. The van der Waals surface area contributed by atoms with E-state index in [2.05, 4.69) is 4.72 Å². The highest BCUT2D eigenvalue weighted by atomic mass is 32.2. The average Bonchev–Trinajstić information content (AvgIpc) is 2.40. The van der Waals surface area contributed by atoms with E-state index in [1.807, 2.05) is 19.1 Å². The van der Waals surface area contributed by atoms with Crippen LogP contribution in [0, 0.1) is 0 Å². The standard InChI is InChI=1S/C13H20N2O3S/c1-10(11-2-4-12(14)5-3-11)15-19(16,17)13-6-8-18-9-7-13/h2-5,10,13,15H,6-9,14H2,1H3. The van der Waals surface area contributed by atoms with Crippen LogP contribution in [0.25, 0.3) is 0 Å². The topological polar surface area (TPSA) is 81.4 Å². The molecule has 1 aromatic rings. The Labute approximate surface area is 114 Å². The lowest BCUT2D eigenvalue weighted by Gasteiger charge is -2.24. The predicted octanol–water partition coefficient (Wildman–Crippen LogP) is 1.43. The zero-order chi connectivity index (χ0) is 13.9. The lowest BCUT2D eigenvalue weighted by molar-refractivity contribution is 0.0981. The van der Waals surface area contributed by atoms with Gasteiger partial charge in [-0.1, -0.05) is 12.1 Å². The lowest BCUT2D eigenvalue weighted by Crippen LogP contribution is -2.39. The molecule has 0 aromatic heterocycles. The molecule has 1 saturated heterocycles. The van der Waals surface area contributed by atoms with Crippen molar-refractivity contribution in [3.63, 3.8) is 0 Å². The zero-order valence-electron chi connectivity index (χ0n) is 11.0. The molecule has 1 heterocycles. The summed E-state index contributed by atoms with van der Waals surface area (Å²) in [5, 5.41) is -0.350. The number of hydrogen-bond donors (Lipinski definition) is 2. The first-order chi connectivity index (χ1) is 8.99. The van der Waals surface area contributed by atoms with Gasteiger partial charge in [0, 0.05) is 24.9 Å². The molecule has 19 heavy (non-hydrogen) atoms. The first-order valence-electron chi connectivity index (χ1n) is 6.43. The van der Waals surface area contributed by atoms with Crippen LogP contribution in [0.1, 0.15) is 31.4 Å².